The van der Waals surface area contributed by atoms with Crippen molar-refractivity contribution < 1.29 is 13.9 Å². The highest BCUT2D eigenvalue weighted by molar-refractivity contribution is 7.98. The molecule has 0 bridgehead atoms. The summed E-state index contributed by atoms with van der Waals surface area (Å²) in [5.74, 6) is 3.14. The number of benzene rings is 1. The molecule has 1 aromatic carbocycles. The second-order valence-corrected chi connectivity index (χ2v) is 7.92. The van der Waals surface area contributed by atoms with Crippen molar-refractivity contribution in [1.29, 1.82) is 0 Å². The Bertz CT molecular complexity index is 949. The molecule has 3 heterocycles. The van der Waals surface area contributed by atoms with Gasteiger partial charge in [-0.1, -0.05) is 11.8 Å². The van der Waals surface area contributed by atoms with Crippen LogP contribution in [0.15, 0.2) is 46.2 Å². The van der Waals surface area contributed by atoms with Gasteiger partial charge >= 0.3 is 0 Å². The van der Waals surface area contributed by atoms with Gasteiger partial charge in [0.15, 0.2) is 5.16 Å². The van der Waals surface area contributed by atoms with Crippen LogP contribution < -0.4 is 9.64 Å². The summed E-state index contributed by atoms with van der Waals surface area (Å²) in [5.41, 5.74) is 1.58. The number of thioether (sulfide) groups is 1. The molecule has 0 amide bonds. The molecular formula is C21H24N4O3S. The lowest BCUT2D eigenvalue weighted by Crippen LogP contribution is -2.32. The number of furan rings is 1. The minimum Gasteiger partial charge on any atom is -0.496 e. The van der Waals surface area contributed by atoms with Gasteiger partial charge in [0.2, 0.25) is 5.95 Å². The number of ether oxygens (including phenoxy) is 1. The molecule has 152 valence electrons. The molecule has 0 atom stereocenters. The molecule has 1 aliphatic heterocycles. The summed E-state index contributed by atoms with van der Waals surface area (Å²) in [5, 5.41) is 9.79. The van der Waals surface area contributed by atoms with Crippen LogP contribution in [0.4, 0.5) is 5.95 Å². The lowest BCUT2D eigenvalue weighted by molar-refractivity contribution is 0.112. The van der Waals surface area contributed by atoms with Gasteiger partial charge in [0.25, 0.3) is 0 Å². The monoisotopic (exact) mass is 412 g/mol. The zero-order valence-electron chi connectivity index (χ0n) is 16.4. The molecule has 0 unspecified atom stereocenters. The van der Waals surface area contributed by atoms with E-state index in [-0.39, 0.29) is 0 Å². The first-order valence-electron chi connectivity index (χ1n) is 9.74. The van der Waals surface area contributed by atoms with Gasteiger partial charge in [0, 0.05) is 30.0 Å². The van der Waals surface area contributed by atoms with Crippen LogP contribution in [0.1, 0.15) is 40.9 Å². The molecule has 2 aromatic heterocycles. The number of rotatable bonds is 8. The average Bonchev–Trinajstić information content (AvgIpc) is 3.43. The van der Waals surface area contributed by atoms with Crippen LogP contribution in [0.3, 0.4) is 0 Å². The minimum atomic E-state index is 0.583. The fraction of sp³-hybridized carbons (Fsp3) is 0.381. The van der Waals surface area contributed by atoms with E-state index < -0.39 is 0 Å². The smallest absolute Gasteiger partial charge is 0.228 e. The molecule has 1 aliphatic rings. The Balaban J connectivity index is 1.59. The second kappa shape index (κ2) is 9.17. The number of piperidine rings is 1. The zero-order valence-corrected chi connectivity index (χ0v) is 17.2. The lowest BCUT2D eigenvalue weighted by Gasteiger charge is -2.27. The highest BCUT2D eigenvalue weighted by atomic mass is 32.2. The van der Waals surface area contributed by atoms with E-state index in [1.165, 1.54) is 19.3 Å². The van der Waals surface area contributed by atoms with E-state index >= 15 is 0 Å². The first-order valence-corrected chi connectivity index (χ1v) is 10.7. The Kier molecular flexibility index (Phi) is 6.19. The number of carbonyl (C=O) groups is 1. The summed E-state index contributed by atoms with van der Waals surface area (Å²) in [6.07, 6.45) is 6.14. The van der Waals surface area contributed by atoms with E-state index in [2.05, 4.69) is 19.7 Å². The first kappa shape index (κ1) is 19.6. The van der Waals surface area contributed by atoms with Crippen LogP contribution in [-0.2, 0) is 12.3 Å². The first-order chi connectivity index (χ1) is 14.3. The highest BCUT2D eigenvalue weighted by Gasteiger charge is 2.21. The maximum atomic E-state index is 11.2. The van der Waals surface area contributed by atoms with Crippen LogP contribution in [0.2, 0.25) is 0 Å². The van der Waals surface area contributed by atoms with Crippen molar-refractivity contribution in [3.63, 3.8) is 0 Å². The highest BCUT2D eigenvalue weighted by Crippen LogP contribution is 2.31. The molecular weight excluding hydrogens is 388 g/mol. The molecule has 0 radical (unpaired) electrons. The molecule has 4 rings (SSSR count). The summed E-state index contributed by atoms with van der Waals surface area (Å²) in [4.78, 5) is 13.5. The molecule has 3 aromatic rings. The number of carbonyl (C=O) groups excluding carboxylic acids is 1. The standard InChI is InChI=1S/C21H24N4O3S/c1-27-19-8-7-16(14-26)12-17(19)15-29-21-23-22-20(24-9-3-2-4-10-24)25(21)13-18-6-5-11-28-18/h5-8,11-12,14H,2-4,9-10,13,15H2,1H3. The van der Waals surface area contributed by atoms with E-state index in [9.17, 15) is 4.79 Å². The Hall–Kier alpha value is -2.74. The van der Waals surface area contributed by atoms with Gasteiger partial charge in [0.05, 0.1) is 19.9 Å². The van der Waals surface area contributed by atoms with Crippen molar-refractivity contribution in [2.75, 3.05) is 25.1 Å². The molecule has 7 nitrogen and oxygen atoms in total. The fourth-order valence-corrected chi connectivity index (χ4v) is 4.45. The lowest BCUT2D eigenvalue weighted by atomic mass is 10.1. The Morgan fingerprint density at radius 1 is 1.21 bits per heavy atom. The predicted octanol–water partition coefficient (Wildman–Crippen LogP) is 4.02. The van der Waals surface area contributed by atoms with E-state index in [0.29, 0.717) is 17.9 Å². The normalized spacial score (nSPS) is 14.2. The fourth-order valence-electron chi connectivity index (χ4n) is 3.54. The Morgan fingerprint density at radius 3 is 2.79 bits per heavy atom. The second-order valence-electron chi connectivity index (χ2n) is 6.97. The Morgan fingerprint density at radius 2 is 2.07 bits per heavy atom. The summed E-state index contributed by atoms with van der Waals surface area (Å²) < 4.78 is 13.1. The van der Waals surface area contributed by atoms with Crippen LogP contribution in [0.5, 0.6) is 5.75 Å². The topological polar surface area (TPSA) is 73.4 Å². The van der Waals surface area contributed by atoms with Gasteiger partial charge in [-0.05, 0) is 49.6 Å². The maximum absolute atomic E-state index is 11.2. The third-order valence-electron chi connectivity index (χ3n) is 5.03. The van der Waals surface area contributed by atoms with Crippen LogP contribution in [0.25, 0.3) is 0 Å². The minimum absolute atomic E-state index is 0.583. The number of aromatic nitrogens is 3. The maximum Gasteiger partial charge on any atom is 0.228 e. The van der Waals surface area contributed by atoms with E-state index in [4.69, 9.17) is 9.15 Å². The average molecular weight is 413 g/mol. The van der Waals surface area contributed by atoms with Gasteiger partial charge in [-0.3, -0.25) is 9.36 Å². The van der Waals surface area contributed by atoms with Crippen LogP contribution >= 0.6 is 11.8 Å². The van der Waals surface area contributed by atoms with Gasteiger partial charge < -0.3 is 14.1 Å². The van der Waals surface area contributed by atoms with Crippen molar-refractivity contribution in [3.05, 3.63) is 53.5 Å². The third-order valence-corrected chi connectivity index (χ3v) is 6.04. The number of hydrogen-bond donors (Lipinski definition) is 0. The van der Waals surface area contributed by atoms with Crippen LogP contribution in [0, 0.1) is 0 Å². The molecule has 29 heavy (non-hydrogen) atoms. The summed E-state index contributed by atoms with van der Waals surface area (Å²) in [6.45, 7) is 2.58. The van der Waals surface area contributed by atoms with E-state index in [1.54, 1.807) is 31.2 Å². The molecule has 0 aliphatic carbocycles. The van der Waals surface area contributed by atoms with Crippen molar-refractivity contribution in [2.45, 2.75) is 36.7 Å². The number of aldehydes is 1. The SMILES string of the molecule is COc1ccc(C=O)cc1CSc1nnc(N2CCCCC2)n1Cc1ccco1. The van der Waals surface area contributed by atoms with Gasteiger partial charge in [-0.25, -0.2) is 0 Å². The molecule has 8 heteroatoms. The van der Waals surface area contributed by atoms with E-state index in [0.717, 1.165) is 47.6 Å². The van der Waals surface area contributed by atoms with Crippen molar-refractivity contribution in [2.24, 2.45) is 0 Å². The van der Waals surface area contributed by atoms with E-state index in [1.807, 2.05) is 24.3 Å². The number of nitrogens with zero attached hydrogens (tertiary/aromatic N) is 4. The number of methoxy groups -OCH3 is 1. The van der Waals surface area contributed by atoms with Crippen molar-refractivity contribution in [3.8, 4) is 5.75 Å². The zero-order chi connectivity index (χ0) is 20.1. The van der Waals surface area contributed by atoms with Crippen molar-refractivity contribution in [1.82, 2.24) is 14.8 Å². The van der Waals surface area contributed by atoms with Crippen molar-refractivity contribution >= 4 is 24.0 Å². The van der Waals surface area contributed by atoms with Gasteiger partial charge in [-0.15, -0.1) is 10.2 Å². The molecule has 0 saturated carbocycles. The summed E-state index contributed by atoms with van der Waals surface area (Å²) in [6, 6.07) is 9.30. The Labute approximate surface area is 174 Å². The molecule has 1 saturated heterocycles. The van der Waals surface area contributed by atoms with Crippen LogP contribution in [-0.4, -0.2) is 41.2 Å². The largest absolute Gasteiger partial charge is 0.496 e. The quantitative estimate of drug-likeness (QED) is 0.409. The molecule has 0 spiro atoms. The summed E-state index contributed by atoms with van der Waals surface area (Å²) >= 11 is 1.58. The third kappa shape index (κ3) is 4.48. The van der Waals surface area contributed by atoms with Gasteiger partial charge in [-0.2, -0.15) is 0 Å². The number of anilines is 1. The molecule has 0 N–H and O–H groups in total. The number of hydrogen-bond acceptors (Lipinski definition) is 7. The predicted molar refractivity (Wildman–Crippen MR) is 112 cm³/mol. The van der Waals surface area contributed by atoms with Gasteiger partial charge in [0.1, 0.15) is 17.8 Å². The summed E-state index contributed by atoms with van der Waals surface area (Å²) in [7, 11) is 1.64. The molecule has 1 fully saturated rings.